The first-order valence-electron chi connectivity index (χ1n) is 4.85. The summed E-state index contributed by atoms with van der Waals surface area (Å²) in [6, 6.07) is 0. The van der Waals surface area contributed by atoms with Gasteiger partial charge in [-0.25, -0.2) is 0 Å². The van der Waals surface area contributed by atoms with Crippen molar-refractivity contribution in [1.29, 1.82) is 0 Å². The summed E-state index contributed by atoms with van der Waals surface area (Å²) in [5.41, 5.74) is -0.0637. The van der Waals surface area contributed by atoms with Crippen LogP contribution in [-0.4, -0.2) is 30.1 Å². The van der Waals surface area contributed by atoms with Crippen molar-refractivity contribution in [2.24, 2.45) is 0 Å². The zero-order chi connectivity index (χ0) is 13.7. The van der Waals surface area contributed by atoms with E-state index < -0.39 is 5.97 Å². The lowest BCUT2D eigenvalue weighted by Crippen LogP contribution is -2.26. The number of hydrogen-bond donors (Lipinski definition) is 1. The summed E-state index contributed by atoms with van der Waals surface area (Å²) in [5.74, 6) is -0.902. The van der Waals surface area contributed by atoms with E-state index in [1.165, 1.54) is 7.05 Å². The van der Waals surface area contributed by atoms with Crippen LogP contribution >= 0.6 is 45.2 Å². The topological polar surface area (TPSA) is 77.4 Å². The standard InChI is InChI=1S/C10H10I2N2O4/c1-13-8(15)5-18-9(16)4-14-2-6(11)10(17)7(12)3-14/h2-3H,4-5H2,1H3,(H,13,15). The molecule has 0 aliphatic carbocycles. The molecule has 0 aromatic carbocycles. The van der Waals surface area contributed by atoms with Gasteiger partial charge in [0.1, 0.15) is 6.54 Å². The van der Waals surface area contributed by atoms with E-state index in [1.54, 1.807) is 17.0 Å². The molecule has 0 saturated carbocycles. The first-order valence-corrected chi connectivity index (χ1v) is 7.01. The van der Waals surface area contributed by atoms with Gasteiger partial charge in [0.15, 0.2) is 6.61 Å². The van der Waals surface area contributed by atoms with Crippen LogP contribution < -0.4 is 10.7 Å². The molecule has 0 bridgehead atoms. The van der Waals surface area contributed by atoms with Crippen molar-refractivity contribution in [2.75, 3.05) is 13.7 Å². The van der Waals surface area contributed by atoms with Crippen LogP contribution in [0.15, 0.2) is 17.2 Å². The normalized spacial score (nSPS) is 9.94. The van der Waals surface area contributed by atoms with Gasteiger partial charge in [-0.05, 0) is 45.2 Å². The minimum Gasteiger partial charge on any atom is -0.454 e. The monoisotopic (exact) mass is 476 g/mol. The maximum absolute atomic E-state index is 11.5. The molecule has 0 spiro atoms. The number of halogens is 2. The molecule has 0 atom stereocenters. The van der Waals surface area contributed by atoms with Crippen LogP contribution in [0.4, 0.5) is 0 Å². The van der Waals surface area contributed by atoms with Crippen LogP contribution in [0.2, 0.25) is 0 Å². The molecule has 0 aliphatic rings. The van der Waals surface area contributed by atoms with Crippen molar-refractivity contribution in [3.8, 4) is 0 Å². The van der Waals surface area contributed by atoms with Gasteiger partial charge in [-0.2, -0.15) is 0 Å². The number of amides is 1. The number of esters is 1. The number of rotatable bonds is 4. The summed E-state index contributed by atoms with van der Waals surface area (Å²) in [7, 11) is 1.46. The number of likely N-dealkylation sites (N-methyl/N-ethyl adjacent to an activating group) is 1. The molecule has 6 nitrogen and oxygen atoms in total. The third-order valence-electron chi connectivity index (χ3n) is 1.95. The Bertz CT molecular complexity index is 501. The lowest BCUT2D eigenvalue weighted by Gasteiger charge is -2.07. The van der Waals surface area contributed by atoms with Crippen molar-refractivity contribution in [1.82, 2.24) is 9.88 Å². The first kappa shape index (κ1) is 15.4. The van der Waals surface area contributed by atoms with Gasteiger partial charge in [0.2, 0.25) is 5.43 Å². The van der Waals surface area contributed by atoms with Crippen molar-refractivity contribution in [3.63, 3.8) is 0 Å². The minimum atomic E-state index is -0.533. The zero-order valence-electron chi connectivity index (χ0n) is 9.41. The van der Waals surface area contributed by atoms with Crippen LogP contribution in [0.25, 0.3) is 0 Å². The van der Waals surface area contributed by atoms with E-state index in [1.807, 2.05) is 45.2 Å². The summed E-state index contributed by atoms with van der Waals surface area (Å²) in [4.78, 5) is 33.8. The first-order chi connectivity index (χ1) is 8.43. The molecule has 0 aliphatic heterocycles. The number of nitrogens with one attached hydrogen (secondary N) is 1. The lowest BCUT2D eigenvalue weighted by molar-refractivity contribution is -0.149. The third kappa shape index (κ3) is 4.55. The second kappa shape index (κ2) is 7.07. The number of carbonyl (C=O) groups is 2. The number of hydrogen-bond acceptors (Lipinski definition) is 4. The molecular weight excluding hydrogens is 466 g/mol. The Kier molecular flexibility index (Phi) is 6.05. The van der Waals surface area contributed by atoms with E-state index in [-0.39, 0.29) is 24.5 Å². The second-order valence-electron chi connectivity index (χ2n) is 3.29. The van der Waals surface area contributed by atoms with Crippen molar-refractivity contribution >= 4 is 57.1 Å². The fourth-order valence-corrected chi connectivity index (χ4v) is 2.88. The van der Waals surface area contributed by atoms with Gasteiger partial charge in [0.25, 0.3) is 5.91 Å². The van der Waals surface area contributed by atoms with Gasteiger partial charge in [-0.3, -0.25) is 14.4 Å². The number of nitrogens with zero attached hydrogens (tertiary/aromatic N) is 1. The van der Waals surface area contributed by atoms with Gasteiger partial charge in [-0.15, -0.1) is 0 Å². The summed E-state index contributed by atoms with van der Waals surface area (Å²) in [5, 5.41) is 2.34. The fourth-order valence-electron chi connectivity index (χ4n) is 1.06. The van der Waals surface area contributed by atoms with Crippen molar-refractivity contribution in [2.45, 2.75) is 6.54 Å². The van der Waals surface area contributed by atoms with Crippen LogP contribution in [0.1, 0.15) is 0 Å². The van der Waals surface area contributed by atoms with Gasteiger partial charge in [-0.1, -0.05) is 0 Å². The summed E-state index contributed by atoms with van der Waals surface area (Å²) in [6.07, 6.45) is 3.12. The van der Waals surface area contributed by atoms with Crippen molar-refractivity contribution < 1.29 is 14.3 Å². The second-order valence-corrected chi connectivity index (χ2v) is 5.61. The number of carbonyl (C=O) groups excluding carboxylic acids is 2. The molecule has 1 heterocycles. The quantitative estimate of drug-likeness (QED) is 0.503. The maximum atomic E-state index is 11.5. The predicted octanol–water partition coefficient (Wildman–Crippen LogP) is 0.347. The highest BCUT2D eigenvalue weighted by molar-refractivity contribution is 14.1. The molecule has 8 heteroatoms. The SMILES string of the molecule is CNC(=O)COC(=O)Cn1cc(I)c(=O)c(I)c1. The highest BCUT2D eigenvalue weighted by Gasteiger charge is 2.09. The summed E-state index contributed by atoms with van der Waals surface area (Å²) >= 11 is 3.81. The van der Waals surface area contributed by atoms with Crippen LogP contribution in [0, 0.1) is 7.14 Å². The molecule has 1 aromatic rings. The van der Waals surface area contributed by atoms with E-state index in [9.17, 15) is 14.4 Å². The molecule has 0 radical (unpaired) electrons. The van der Waals surface area contributed by atoms with E-state index in [0.29, 0.717) is 7.14 Å². The van der Waals surface area contributed by atoms with E-state index >= 15 is 0 Å². The van der Waals surface area contributed by atoms with Gasteiger partial charge in [0.05, 0.1) is 7.14 Å². The summed E-state index contributed by atoms with van der Waals surface area (Å²) in [6.45, 7) is -0.340. The molecule has 1 rings (SSSR count). The van der Waals surface area contributed by atoms with E-state index in [2.05, 4.69) is 5.32 Å². The Labute approximate surface area is 130 Å². The molecule has 1 amide bonds. The number of aromatic nitrogens is 1. The van der Waals surface area contributed by atoms with Crippen LogP contribution in [0.3, 0.4) is 0 Å². The molecule has 1 aromatic heterocycles. The highest BCUT2D eigenvalue weighted by atomic mass is 127. The molecule has 0 saturated heterocycles. The average Bonchev–Trinajstić information content (AvgIpc) is 2.32. The van der Waals surface area contributed by atoms with Gasteiger partial charge in [0, 0.05) is 19.4 Å². The Morgan fingerprint density at radius 3 is 2.39 bits per heavy atom. The fraction of sp³-hybridized carbons (Fsp3) is 0.300. The predicted molar refractivity (Wildman–Crippen MR) is 81.2 cm³/mol. The van der Waals surface area contributed by atoms with Gasteiger partial charge < -0.3 is 14.6 Å². The summed E-state index contributed by atoms with van der Waals surface area (Å²) < 4.78 is 7.36. The molecule has 18 heavy (non-hydrogen) atoms. The van der Waals surface area contributed by atoms with Crippen molar-refractivity contribution in [3.05, 3.63) is 29.8 Å². The highest BCUT2D eigenvalue weighted by Crippen LogP contribution is 2.04. The Morgan fingerprint density at radius 1 is 1.33 bits per heavy atom. The molecule has 0 unspecified atom stereocenters. The Balaban J connectivity index is 2.65. The molecule has 98 valence electrons. The van der Waals surface area contributed by atoms with E-state index in [0.717, 1.165) is 0 Å². The Morgan fingerprint density at radius 2 is 1.89 bits per heavy atom. The minimum absolute atomic E-state index is 0.0384. The van der Waals surface area contributed by atoms with E-state index in [4.69, 9.17) is 4.74 Å². The van der Waals surface area contributed by atoms with Crippen LogP contribution in [-0.2, 0) is 20.9 Å². The maximum Gasteiger partial charge on any atom is 0.326 e. The lowest BCUT2D eigenvalue weighted by atomic mass is 10.4. The largest absolute Gasteiger partial charge is 0.454 e. The molecule has 0 fully saturated rings. The number of pyridine rings is 1. The average molecular weight is 476 g/mol. The van der Waals surface area contributed by atoms with Gasteiger partial charge >= 0.3 is 5.97 Å². The zero-order valence-corrected chi connectivity index (χ0v) is 13.7. The number of ether oxygens (including phenoxy) is 1. The molecular formula is C10H10I2N2O4. The third-order valence-corrected chi connectivity index (χ3v) is 3.48. The van der Waals surface area contributed by atoms with Crippen LogP contribution in [0.5, 0.6) is 0 Å². The molecule has 1 N–H and O–H groups in total. The smallest absolute Gasteiger partial charge is 0.326 e. The Hall–Kier alpha value is -0.650.